The zero-order chi connectivity index (χ0) is 24.5. The number of carbonyl (C=O) groups is 1. The lowest BCUT2D eigenvalue weighted by atomic mass is 10.0. The Morgan fingerprint density at radius 1 is 1.06 bits per heavy atom. The highest BCUT2D eigenvalue weighted by molar-refractivity contribution is 5.91. The van der Waals surface area contributed by atoms with E-state index in [1.165, 1.54) is 15.6 Å². The van der Waals surface area contributed by atoms with Gasteiger partial charge in [-0.2, -0.15) is 10.2 Å². The van der Waals surface area contributed by atoms with Crippen LogP contribution >= 0.6 is 0 Å². The number of likely N-dealkylation sites (tertiary alicyclic amines) is 1. The number of piperidine rings is 1. The van der Waals surface area contributed by atoms with Crippen molar-refractivity contribution in [3.8, 4) is 28.3 Å². The second kappa shape index (κ2) is 9.25. The Balaban J connectivity index is 1.58. The summed E-state index contributed by atoms with van der Waals surface area (Å²) in [6, 6.07) is 16.9. The summed E-state index contributed by atoms with van der Waals surface area (Å²) in [6.45, 7) is 4.76. The molecule has 1 N–H and O–H groups in total. The molecule has 180 valence electrons. The van der Waals surface area contributed by atoms with Crippen LogP contribution in [0.2, 0.25) is 0 Å². The summed E-state index contributed by atoms with van der Waals surface area (Å²) in [5.41, 5.74) is 3.83. The van der Waals surface area contributed by atoms with Crippen molar-refractivity contribution in [2.45, 2.75) is 38.8 Å². The van der Waals surface area contributed by atoms with Crippen molar-refractivity contribution in [3.05, 3.63) is 71.1 Å². The van der Waals surface area contributed by atoms with Gasteiger partial charge in [0.15, 0.2) is 0 Å². The van der Waals surface area contributed by atoms with E-state index in [0.717, 1.165) is 22.3 Å². The number of pyridine rings is 1. The van der Waals surface area contributed by atoms with E-state index in [0.29, 0.717) is 37.4 Å². The molecule has 0 radical (unpaired) electrons. The second-order valence-corrected chi connectivity index (χ2v) is 8.96. The van der Waals surface area contributed by atoms with Gasteiger partial charge in [-0.15, -0.1) is 0 Å². The van der Waals surface area contributed by atoms with Gasteiger partial charge in [-0.25, -0.2) is 14.0 Å². The number of hydrogen-bond acceptors (Lipinski definition) is 5. The SMILES string of the molecule is CC(C)n1nc(-c2c(-c3ccccc3)nn3ccc(OC4CCN(C(=O)O)CC4)cc23)ccc1=O. The molecule has 0 saturated carbocycles. The average Bonchev–Trinajstić information content (AvgIpc) is 3.24. The average molecular weight is 474 g/mol. The number of aromatic nitrogens is 4. The second-order valence-electron chi connectivity index (χ2n) is 8.96. The predicted molar refractivity (Wildman–Crippen MR) is 132 cm³/mol. The number of ether oxygens (including phenoxy) is 1. The van der Waals surface area contributed by atoms with E-state index in [1.54, 1.807) is 10.6 Å². The van der Waals surface area contributed by atoms with Crippen LogP contribution in [0.3, 0.4) is 0 Å². The fourth-order valence-corrected chi connectivity index (χ4v) is 4.44. The Hall–Kier alpha value is -4.14. The molecule has 1 aliphatic rings. The van der Waals surface area contributed by atoms with Gasteiger partial charge in [-0.05, 0) is 26.0 Å². The van der Waals surface area contributed by atoms with Gasteiger partial charge in [0.1, 0.15) is 17.5 Å². The number of carboxylic acid groups (broad SMARTS) is 1. The van der Waals surface area contributed by atoms with Gasteiger partial charge in [0, 0.05) is 49.8 Å². The molecule has 1 saturated heterocycles. The maximum absolute atomic E-state index is 12.4. The molecule has 0 aliphatic carbocycles. The van der Waals surface area contributed by atoms with Gasteiger partial charge in [-0.3, -0.25) is 4.79 Å². The summed E-state index contributed by atoms with van der Waals surface area (Å²) in [5, 5.41) is 18.7. The van der Waals surface area contributed by atoms with Gasteiger partial charge >= 0.3 is 6.09 Å². The molecular formula is C26H27N5O4. The minimum absolute atomic E-state index is 0.0611. The standard InChI is InChI=1S/C26H27N5O4/c1-17(2)31-23(32)9-8-21(27-31)24-22-16-20(35-19-10-13-29(14-11-19)26(33)34)12-15-30(22)28-25(24)18-6-4-3-5-7-18/h3-9,12,15-17,19H,10-11,13-14H2,1-2H3,(H,33,34). The molecule has 1 amide bonds. The number of amides is 1. The monoisotopic (exact) mass is 473 g/mol. The number of nitrogens with zero attached hydrogens (tertiary/aromatic N) is 5. The molecule has 0 atom stereocenters. The summed E-state index contributed by atoms with van der Waals surface area (Å²) >= 11 is 0. The number of benzene rings is 1. The van der Waals surface area contributed by atoms with Crippen molar-refractivity contribution in [1.29, 1.82) is 0 Å². The highest BCUT2D eigenvalue weighted by atomic mass is 16.5. The van der Waals surface area contributed by atoms with E-state index >= 15 is 0 Å². The summed E-state index contributed by atoms with van der Waals surface area (Å²) in [6.07, 6.45) is 2.18. The third kappa shape index (κ3) is 4.49. The van der Waals surface area contributed by atoms with Crippen LogP contribution in [0.5, 0.6) is 5.75 Å². The lowest BCUT2D eigenvalue weighted by Crippen LogP contribution is -2.41. The molecule has 9 heteroatoms. The molecule has 4 heterocycles. The Labute approximate surface area is 202 Å². The topological polar surface area (TPSA) is 102 Å². The summed E-state index contributed by atoms with van der Waals surface area (Å²) < 4.78 is 9.51. The lowest BCUT2D eigenvalue weighted by molar-refractivity contribution is 0.0895. The lowest BCUT2D eigenvalue weighted by Gasteiger charge is -2.30. The highest BCUT2D eigenvalue weighted by Gasteiger charge is 2.24. The molecule has 0 spiro atoms. The van der Waals surface area contributed by atoms with E-state index in [1.807, 2.05) is 62.5 Å². The molecule has 1 aromatic carbocycles. The minimum Gasteiger partial charge on any atom is -0.490 e. The van der Waals surface area contributed by atoms with E-state index in [2.05, 4.69) is 5.10 Å². The number of rotatable bonds is 5. The van der Waals surface area contributed by atoms with Gasteiger partial charge in [0.2, 0.25) is 0 Å². The van der Waals surface area contributed by atoms with Gasteiger partial charge in [0.05, 0.1) is 22.8 Å². The number of fused-ring (bicyclic) bond motifs is 1. The molecule has 9 nitrogen and oxygen atoms in total. The molecule has 1 aliphatic heterocycles. The highest BCUT2D eigenvalue weighted by Crippen LogP contribution is 2.35. The Morgan fingerprint density at radius 2 is 1.80 bits per heavy atom. The van der Waals surface area contributed by atoms with E-state index < -0.39 is 6.09 Å². The van der Waals surface area contributed by atoms with Gasteiger partial charge in [0.25, 0.3) is 5.56 Å². The van der Waals surface area contributed by atoms with Crippen LogP contribution in [0.15, 0.2) is 65.6 Å². The maximum Gasteiger partial charge on any atom is 0.407 e. The summed E-state index contributed by atoms with van der Waals surface area (Å²) in [4.78, 5) is 25.0. The molecule has 3 aromatic heterocycles. The fourth-order valence-electron chi connectivity index (χ4n) is 4.44. The Morgan fingerprint density at radius 3 is 2.49 bits per heavy atom. The van der Waals surface area contributed by atoms with Crippen LogP contribution in [0, 0.1) is 0 Å². The van der Waals surface area contributed by atoms with Gasteiger partial charge < -0.3 is 14.7 Å². The largest absolute Gasteiger partial charge is 0.490 e. The first-order valence-electron chi connectivity index (χ1n) is 11.7. The molecule has 35 heavy (non-hydrogen) atoms. The quantitative estimate of drug-likeness (QED) is 0.463. The zero-order valence-electron chi connectivity index (χ0n) is 19.7. The van der Waals surface area contributed by atoms with Crippen LogP contribution in [0.1, 0.15) is 32.7 Å². The Kier molecular flexibility index (Phi) is 5.98. The van der Waals surface area contributed by atoms with Crippen molar-refractivity contribution in [1.82, 2.24) is 24.3 Å². The predicted octanol–water partition coefficient (Wildman–Crippen LogP) is 4.33. The first-order valence-corrected chi connectivity index (χ1v) is 11.7. The van der Waals surface area contributed by atoms with Crippen LogP contribution in [0.25, 0.3) is 28.0 Å². The third-order valence-corrected chi connectivity index (χ3v) is 6.24. The summed E-state index contributed by atoms with van der Waals surface area (Å²) in [5.74, 6) is 0.684. The molecule has 5 rings (SSSR count). The van der Waals surface area contributed by atoms with E-state index in [-0.39, 0.29) is 17.7 Å². The molecular weight excluding hydrogens is 446 g/mol. The van der Waals surface area contributed by atoms with Crippen LogP contribution in [-0.4, -0.2) is 54.7 Å². The smallest absolute Gasteiger partial charge is 0.407 e. The van der Waals surface area contributed by atoms with Crippen molar-refractivity contribution in [2.75, 3.05) is 13.1 Å². The minimum atomic E-state index is -0.891. The fraction of sp³-hybridized carbons (Fsp3) is 0.308. The van der Waals surface area contributed by atoms with Crippen molar-refractivity contribution in [3.63, 3.8) is 0 Å². The van der Waals surface area contributed by atoms with Crippen LogP contribution < -0.4 is 10.3 Å². The number of hydrogen-bond donors (Lipinski definition) is 1. The molecule has 0 bridgehead atoms. The van der Waals surface area contributed by atoms with E-state index in [4.69, 9.17) is 9.84 Å². The van der Waals surface area contributed by atoms with Crippen molar-refractivity contribution < 1.29 is 14.6 Å². The van der Waals surface area contributed by atoms with E-state index in [9.17, 15) is 14.7 Å². The molecule has 1 fully saturated rings. The van der Waals surface area contributed by atoms with Crippen molar-refractivity contribution >= 4 is 11.6 Å². The maximum atomic E-state index is 12.4. The van der Waals surface area contributed by atoms with Crippen molar-refractivity contribution in [2.24, 2.45) is 0 Å². The van der Waals surface area contributed by atoms with Crippen LogP contribution in [0.4, 0.5) is 4.79 Å². The first kappa shape index (κ1) is 22.6. The van der Waals surface area contributed by atoms with Crippen LogP contribution in [-0.2, 0) is 0 Å². The Bertz CT molecular complexity index is 1420. The first-order chi connectivity index (χ1) is 16.9. The molecule has 4 aromatic rings. The zero-order valence-corrected chi connectivity index (χ0v) is 19.7. The normalized spacial score (nSPS) is 14.5. The van der Waals surface area contributed by atoms with Gasteiger partial charge in [-0.1, -0.05) is 30.3 Å². The third-order valence-electron chi connectivity index (χ3n) is 6.24. The summed E-state index contributed by atoms with van der Waals surface area (Å²) in [7, 11) is 0. The molecule has 0 unspecified atom stereocenters.